The Morgan fingerprint density at radius 1 is 1.52 bits per heavy atom. The molecule has 0 radical (unpaired) electrons. The zero-order valence-electron chi connectivity index (χ0n) is 11.9. The molecule has 1 aromatic rings. The van der Waals surface area contributed by atoms with Crippen LogP contribution in [0.2, 0.25) is 0 Å². The fraction of sp³-hybridized carbons (Fsp3) is 0.400. The zero-order chi connectivity index (χ0) is 15.5. The van der Waals surface area contributed by atoms with Gasteiger partial charge in [0.25, 0.3) is 0 Å². The van der Waals surface area contributed by atoms with E-state index in [2.05, 4.69) is 4.99 Å². The van der Waals surface area contributed by atoms with E-state index in [4.69, 9.17) is 14.7 Å². The van der Waals surface area contributed by atoms with Crippen LogP contribution in [0.15, 0.2) is 29.3 Å². The number of para-hydroxylation sites is 1. The number of nitrogens with zero attached hydrogens (tertiary/aromatic N) is 2. The molecule has 0 bridgehead atoms. The zero-order valence-corrected chi connectivity index (χ0v) is 11.9. The van der Waals surface area contributed by atoms with Crippen LogP contribution in [0.25, 0.3) is 0 Å². The summed E-state index contributed by atoms with van der Waals surface area (Å²) in [6, 6.07) is 8.80. The third-order valence-corrected chi connectivity index (χ3v) is 2.45. The second kappa shape index (κ2) is 9.50. The molecule has 0 heterocycles. The molecule has 0 aromatic heterocycles. The molecule has 1 atom stereocenters. The molecule has 6 nitrogen and oxygen atoms in total. The smallest absolute Gasteiger partial charge is 0.311 e. The number of ether oxygens (including phenoxy) is 2. The third kappa shape index (κ3) is 6.54. The second-order valence-electron chi connectivity index (χ2n) is 4.13. The Morgan fingerprint density at radius 3 is 3.00 bits per heavy atom. The molecule has 0 spiro atoms. The SMILES string of the molecule is CCOC(=O)CC=NCC(O)COc1ccccc1C#N. The molecule has 6 heteroatoms. The van der Waals surface area contributed by atoms with E-state index in [1.165, 1.54) is 6.21 Å². The Labute approximate surface area is 123 Å². The standard InChI is InChI=1S/C15H18N2O4/c1-2-20-15(19)7-8-17-10-13(18)11-21-14-6-4-3-5-12(14)9-16/h3-6,8,13,18H,2,7,10-11H2,1H3. The summed E-state index contributed by atoms with van der Waals surface area (Å²) < 4.78 is 10.1. The normalized spacial score (nSPS) is 11.9. The molecule has 0 fully saturated rings. The minimum absolute atomic E-state index is 0.0233. The van der Waals surface area contributed by atoms with Crippen molar-refractivity contribution in [1.82, 2.24) is 0 Å². The van der Waals surface area contributed by atoms with Crippen molar-refractivity contribution in [2.24, 2.45) is 4.99 Å². The van der Waals surface area contributed by atoms with Gasteiger partial charge in [-0.15, -0.1) is 0 Å². The van der Waals surface area contributed by atoms with Gasteiger partial charge in [-0.3, -0.25) is 9.79 Å². The highest BCUT2D eigenvalue weighted by molar-refractivity contribution is 5.85. The van der Waals surface area contributed by atoms with Crippen molar-refractivity contribution >= 4 is 12.2 Å². The van der Waals surface area contributed by atoms with E-state index in [-0.39, 0.29) is 25.5 Å². The maximum absolute atomic E-state index is 11.0. The van der Waals surface area contributed by atoms with Crippen LogP contribution < -0.4 is 4.74 Å². The average molecular weight is 290 g/mol. The number of aliphatic imine (C=N–C) groups is 1. The first-order valence-corrected chi connectivity index (χ1v) is 6.61. The van der Waals surface area contributed by atoms with E-state index in [1.807, 2.05) is 6.07 Å². The van der Waals surface area contributed by atoms with Crippen molar-refractivity contribution in [1.29, 1.82) is 5.26 Å². The summed E-state index contributed by atoms with van der Waals surface area (Å²) in [6.07, 6.45) is 0.679. The van der Waals surface area contributed by atoms with Crippen LogP contribution in [0.5, 0.6) is 5.75 Å². The summed E-state index contributed by atoms with van der Waals surface area (Å²) in [4.78, 5) is 15.0. The highest BCUT2D eigenvalue weighted by Crippen LogP contribution is 2.16. The summed E-state index contributed by atoms with van der Waals surface area (Å²) in [5.74, 6) is 0.0736. The fourth-order valence-electron chi connectivity index (χ4n) is 1.48. The van der Waals surface area contributed by atoms with Gasteiger partial charge in [0.05, 0.1) is 25.1 Å². The molecule has 0 amide bonds. The lowest BCUT2D eigenvalue weighted by Gasteiger charge is -2.11. The maximum Gasteiger partial charge on any atom is 0.311 e. The minimum Gasteiger partial charge on any atom is -0.489 e. The van der Waals surface area contributed by atoms with Crippen LogP contribution in [0.1, 0.15) is 18.9 Å². The van der Waals surface area contributed by atoms with Gasteiger partial charge in [-0.1, -0.05) is 12.1 Å². The molecule has 112 valence electrons. The number of hydrogen-bond donors (Lipinski definition) is 1. The van der Waals surface area contributed by atoms with Crippen LogP contribution in [0, 0.1) is 11.3 Å². The quantitative estimate of drug-likeness (QED) is 0.576. The van der Waals surface area contributed by atoms with Gasteiger partial charge in [-0.2, -0.15) is 5.26 Å². The van der Waals surface area contributed by atoms with Gasteiger partial charge in [-0.05, 0) is 19.1 Å². The Morgan fingerprint density at radius 2 is 2.29 bits per heavy atom. The molecule has 1 N–H and O–H groups in total. The number of benzene rings is 1. The maximum atomic E-state index is 11.0. The molecular formula is C15H18N2O4. The molecule has 0 saturated heterocycles. The van der Waals surface area contributed by atoms with Gasteiger partial charge >= 0.3 is 5.97 Å². The minimum atomic E-state index is -0.810. The molecule has 0 aliphatic rings. The van der Waals surface area contributed by atoms with E-state index in [0.29, 0.717) is 17.9 Å². The topological polar surface area (TPSA) is 91.9 Å². The van der Waals surface area contributed by atoms with Gasteiger partial charge in [0, 0.05) is 6.21 Å². The summed E-state index contributed by atoms with van der Waals surface area (Å²) in [7, 11) is 0. The molecule has 0 saturated carbocycles. The largest absolute Gasteiger partial charge is 0.489 e. The summed E-state index contributed by atoms with van der Waals surface area (Å²) in [5, 5.41) is 18.6. The van der Waals surface area contributed by atoms with Gasteiger partial charge in [0.15, 0.2) is 0 Å². The van der Waals surface area contributed by atoms with Crippen molar-refractivity contribution in [3.63, 3.8) is 0 Å². The van der Waals surface area contributed by atoms with Crippen LogP contribution in [0.3, 0.4) is 0 Å². The molecule has 1 aromatic carbocycles. The Bertz CT molecular complexity index is 523. The van der Waals surface area contributed by atoms with Crippen molar-refractivity contribution < 1.29 is 19.4 Å². The van der Waals surface area contributed by atoms with Gasteiger partial charge in [0.2, 0.25) is 0 Å². The number of rotatable bonds is 8. The Kier molecular flexibility index (Phi) is 7.54. The number of esters is 1. The number of carbonyl (C=O) groups excluding carboxylic acids is 1. The van der Waals surface area contributed by atoms with Crippen molar-refractivity contribution in [3.05, 3.63) is 29.8 Å². The first-order valence-electron chi connectivity index (χ1n) is 6.61. The lowest BCUT2D eigenvalue weighted by Crippen LogP contribution is -2.21. The fourth-order valence-corrected chi connectivity index (χ4v) is 1.48. The van der Waals surface area contributed by atoms with Gasteiger partial charge in [0.1, 0.15) is 24.5 Å². The van der Waals surface area contributed by atoms with Crippen LogP contribution in [-0.2, 0) is 9.53 Å². The van der Waals surface area contributed by atoms with Crippen LogP contribution in [0.4, 0.5) is 0 Å². The summed E-state index contributed by atoms with van der Waals surface area (Å²) in [6.45, 7) is 2.21. The molecule has 0 aliphatic carbocycles. The molecule has 1 unspecified atom stereocenters. The average Bonchev–Trinajstić information content (AvgIpc) is 2.50. The van der Waals surface area contributed by atoms with E-state index < -0.39 is 6.10 Å². The van der Waals surface area contributed by atoms with Crippen molar-refractivity contribution in [3.8, 4) is 11.8 Å². The van der Waals surface area contributed by atoms with Crippen molar-refractivity contribution in [2.45, 2.75) is 19.4 Å². The monoisotopic (exact) mass is 290 g/mol. The van der Waals surface area contributed by atoms with Crippen molar-refractivity contribution in [2.75, 3.05) is 19.8 Å². The number of nitriles is 1. The van der Waals surface area contributed by atoms with E-state index in [0.717, 1.165) is 0 Å². The summed E-state index contributed by atoms with van der Waals surface area (Å²) in [5.41, 5.74) is 0.413. The lowest BCUT2D eigenvalue weighted by molar-refractivity contribution is -0.141. The highest BCUT2D eigenvalue weighted by atomic mass is 16.5. The Hall–Kier alpha value is -2.39. The number of aliphatic hydroxyl groups excluding tert-OH is 1. The van der Waals surface area contributed by atoms with E-state index >= 15 is 0 Å². The number of carbonyl (C=O) groups is 1. The predicted octanol–water partition coefficient (Wildman–Crippen LogP) is 1.32. The van der Waals surface area contributed by atoms with Crippen LogP contribution >= 0.6 is 0 Å². The van der Waals surface area contributed by atoms with E-state index in [1.54, 1.807) is 31.2 Å². The predicted molar refractivity (Wildman–Crippen MR) is 77.3 cm³/mol. The number of aliphatic hydroxyl groups is 1. The highest BCUT2D eigenvalue weighted by Gasteiger charge is 2.07. The first kappa shape index (κ1) is 16.7. The summed E-state index contributed by atoms with van der Waals surface area (Å²) >= 11 is 0. The molecular weight excluding hydrogens is 272 g/mol. The molecule has 1 rings (SSSR count). The van der Waals surface area contributed by atoms with Crippen LogP contribution in [-0.4, -0.2) is 43.2 Å². The molecule has 21 heavy (non-hydrogen) atoms. The van der Waals surface area contributed by atoms with Gasteiger partial charge < -0.3 is 14.6 Å². The lowest BCUT2D eigenvalue weighted by atomic mass is 10.2. The Balaban J connectivity index is 2.31. The van der Waals surface area contributed by atoms with E-state index in [9.17, 15) is 9.90 Å². The second-order valence-corrected chi connectivity index (χ2v) is 4.13. The molecule has 0 aliphatic heterocycles. The number of hydrogen-bond acceptors (Lipinski definition) is 6. The van der Waals surface area contributed by atoms with Gasteiger partial charge in [-0.25, -0.2) is 0 Å². The third-order valence-electron chi connectivity index (χ3n) is 2.45. The first-order chi connectivity index (χ1) is 10.2.